The number of ketones is 1. The number of methoxy groups -OCH3 is 1. The molecule has 1 N–H and O–H groups in total. The average molecular weight is 473 g/mol. The van der Waals surface area contributed by atoms with Crippen molar-refractivity contribution < 1.29 is 19.1 Å². The highest BCUT2D eigenvalue weighted by atomic mass is 35.5. The molecular weight excluding hydrogens is 452 g/mol. The van der Waals surface area contributed by atoms with E-state index in [0.717, 1.165) is 5.56 Å². The van der Waals surface area contributed by atoms with Gasteiger partial charge in [0.05, 0.1) is 12.7 Å². The molecule has 1 amide bonds. The number of amides is 1. The molecule has 7 heteroatoms. The Hall–Kier alpha value is -4.16. The third-order valence-corrected chi connectivity index (χ3v) is 5.31. The van der Waals surface area contributed by atoms with Gasteiger partial charge in [-0.2, -0.15) is 0 Å². The lowest BCUT2D eigenvalue weighted by atomic mass is 9.98. The van der Waals surface area contributed by atoms with Crippen molar-refractivity contribution in [1.29, 1.82) is 0 Å². The first kappa shape index (κ1) is 23.0. The lowest BCUT2D eigenvalue weighted by Gasteiger charge is -2.14. The normalized spacial score (nSPS) is 10.4. The van der Waals surface area contributed by atoms with E-state index in [0.29, 0.717) is 39.9 Å². The van der Waals surface area contributed by atoms with Gasteiger partial charge in [-0.1, -0.05) is 35.9 Å². The number of benzene rings is 3. The second-order valence-corrected chi connectivity index (χ2v) is 7.79. The molecule has 1 aromatic heterocycles. The van der Waals surface area contributed by atoms with Crippen LogP contribution in [0.3, 0.4) is 0 Å². The van der Waals surface area contributed by atoms with E-state index in [1.54, 1.807) is 86.2 Å². The van der Waals surface area contributed by atoms with E-state index >= 15 is 0 Å². The van der Waals surface area contributed by atoms with Crippen LogP contribution in [0.15, 0.2) is 91.3 Å². The standard InChI is InChI=1S/C27H21ClN2O4/c1-33-24-13-12-21(15-25(24)34-17-18-5-4-14-29-16-18)30-27(32)23-7-3-2-6-22(23)26(31)19-8-10-20(28)11-9-19/h2-16H,17H2,1H3,(H,30,32). The van der Waals surface area contributed by atoms with E-state index in [9.17, 15) is 9.59 Å². The van der Waals surface area contributed by atoms with Crippen LogP contribution < -0.4 is 14.8 Å². The SMILES string of the molecule is COc1ccc(NC(=O)c2ccccc2C(=O)c2ccc(Cl)cc2)cc1OCc1cccnc1. The summed E-state index contributed by atoms with van der Waals surface area (Å²) in [6.07, 6.45) is 3.41. The Balaban J connectivity index is 1.55. The second kappa shape index (κ2) is 10.6. The molecule has 4 aromatic rings. The first-order chi connectivity index (χ1) is 16.5. The summed E-state index contributed by atoms with van der Waals surface area (Å²) in [5.74, 6) is 0.314. The fraction of sp³-hybridized carbons (Fsp3) is 0.0741. The predicted molar refractivity (Wildman–Crippen MR) is 131 cm³/mol. The minimum absolute atomic E-state index is 0.260. The number of ether oxygens (including phenoxy) is 2. The zero-order valence-corrected chi connectivity index (χ0v) is 19.1. The van der Waals surface area contributed by atoms with Gasteiger partial charge in [0.15, 0.2) is 17.3 Å². The zero-order valence-electron chi connectivity index (χ0n) is 18.3. The number of hydrogen-bond donors (Lipinski definition) is 1. The molecule has 0 spiro atoms. The second-order valence-electron chi connectivity index (χ2n) is 7.35. The number of carbonyl (C=O) groups excluding carboxylic acids is 2. The van der Waals surface area contributed by atoms with Gasteiger partial charge < -0.3 is 14.8 Å². The van der Waals surface area contributed by atoms with Crippen molar-refractivity contribution in [3.63, 3.8) is 0 Å². The van der Waals surface area contributed by atoms with Crippen LogP contribution in [0.1, 0.15) is 31.8 Å². The Kier molecular flexibility index (Phi) is 7.20. The number of pyridine rings is 1. The first-order valence-corrected chi connectivity index (χ1v) is 10.8. The largest absolute Gasteiger partial charge is 0.493 e. The maximum absolute atomic E-state index is 13.1. The zero-order chi connectivity index (χ0) is 23.9. The highest BCUT2D eigenvalue weighted by molar-refractivity contribution is 6.30. The molecule has 0 aliphatic rings. The fourth-order valence-electron chi connectivity index (χ4n) is 3.35. The monoisotopic (exact) mass is 472 g/mol. The summed E-state index contributed by atoms with van der Waals surface area (Å²) in [6, 6.07) is 22.0. The van der Waals surface area contributed by atoms with Gasteiger partial charge in [-0.3, -0.25) is 14.6 Å². The lowest BCUT2D eigenvalue weighted by Crippen LogP contribution is -2.17. The number of rotatable bonds is 8. The third kappa shape index (κ3) is 5.42. The molecule has 0 atom stereocenters. The predicted octanol–water partition coefficient (Wildman–Crippen LogP) is 5.81. The van der Waals surface area contributed by atoms with E-state index in [4.69, 9.17) is 21.1 Å². The minimum atomic E-state index is -0.415. The Morgan fingerprint density at radius 2 is 1.68 bits per heavy atom. The lowest BCUT2D eigenvalue weighted by molar-refractivity contribution is 0.0996. The van der Waals surface area contributed by atoms with Gasteiger partial charge in [0, 0.05) is 45.9 Å². The molecule has 6 nitrogen and oxygen atoms in total. The van der Waals surface area contributed by atoms with E-state index in [2.05, 4.69) is 10.3 Å². The maximum Gasteiger partial charge on any atom is 0.256 e. The topological polar surface area (TPSA) is 77.5 Å². The smallest absolute Gasteiger partial charge is 0.256 e. The molecule has 0 bridgehead atoms. The van der Waals surface area contributed by atoms with Gasteiger partial charge in [0.25, 0.3) is 5.91 Å². The van der Waals surface area contributed by atoms with Crippen LogP contribution >= 0.6 is 11.6 Å². The van der Waals surface area contributed by atoms with Crippen LogP contribution in [0.4, 0.5) is 5.69 Å². The Bertz CT molecular complexity index is 1310. The highest BCUT2D eigenvalue weighted by Crippen LogP contribution is 2.31. The van der Waals surface area contributed by atoms with Crippen LogP contribution in [-0.2, 0) is 6.61 Å². The summed E-state index contributed by atoms with van der Waals surface area (Å²) in [7, 11) is 1.54. The maximum atomic E-state index is 13.1. The van der Waals surface area contributed by atoms with E-state index < -0.39 is 5.91 Å². The average Bonchev–Trinajstić information content (AvgIpc) is 2.88. The number of anilines is 1. The quantitative estimate of drug-likeness (QED) is 0.328. The molecule has 34 heavy (non-hydrogen) atoms. The van der Waals surface area contributed by atoms with Gasteiger partial charge in [0.2, 0.25) is 0 Å². The molecule has 0 aliphatic heterocycles. The molecule has 0 unspecified atom stereocenters. The molecule has 0 saturated carbocycles. The van der Waals surface area contributed by atoms with Crippen molar-refractivity contribution in [3.05, 3.63) is 119 Å². The van der Waals surface area contributed by atoms with Crippen molar-refractivity contribution in [1.82, 2.24) is 4.98 Å². The number of carbonyl (C=O) groups is 2. The number of aromatic nitrogens is 1. The molecule has 0 aliphatic carbocycles. The van der Waals surface area contributed by atoms with Gasteiger partial charge in [-0.25, -0.2) is 0 Å². The number of nitrogens with zero attached hydrogens (tertiary/aromatic N) is 1. The van der Waals surface area contributed by atoms with Crippen LogP contribution in [0.2, 0.25) is 5.02 Å². The Morgan fingerprint density at radius 1 is 0.912 bits per heavy atom. The Morgan fingerprint density at radius 3 is 2.38 bits per heavy atom. The van der Waals surface area contributed by atoms with Gasteiger partial charge >= 0.3 is 0 Å². The van der Waals surface area contributed by atoms with E-state index in [-0.39, 0.29) is 11.3 Å². The van der Waals surface area contributed by atoms with Gasteiger partial charge in [-0.15, -0.1) is 0 Å². The Labute approximate surface area is 202 Å². The van der Waals surface area contributed by atoms with Crippen molar-refractivity contribution >= 4 is 29.0 Å². The summed E-state index contributed by atoms with van der Waals surface area (Å²) >= 11 is 5.93. The van der Waals surface area contributed by atoms with Crippen molar-refractivity contribution in [2.45, 2.75) is 6.61 Å². The molecule has 1 heterocycles. The fourth-order valence-corrected chi connectivity index (χ4v) is 3.47. The van der Waals surface area contributed by atoms with E-state index in [1.165, 1.54) is 0 Å². The summed E-state index contributed by atoms with van der Waals surface area (Å²) in [4.78, 5) is 30.2. The number of halogens is 1. The summed E-state index contributed by atoms with van der Waals surface area (Å²) < 4.78 is 11.3. The van der Waals surface area contributed by atoms with Crippen molar-refractivity contribution in [3.8, 4) is 11.5 Å². The summed E-state index contributed by atoms with van der Waals surface area (Å²) in [5, 5.41) is 3.37. The first-order valence-electron chi connectivity index (χ1n) is 10.5. The minimum Gasteiger partial charge on any atom is -0.493 e. The molecule has 170 valence electrons. The number of nitrogens with one attached hydrogen (secondary N) is 1. The molecular formula is C27H21ClN2O4. The number of hydrogen-bond acceptors (Lipinski definition) is 5. The van der Waals surface area contributed by atoms with Crippen molar-refractivity contribution in [2.24, 2.45) is 0 Å². The van der Waals surface area contributed by atoms with Gasteiger partial charge in [0.1, 0.15) is 6.61 Å². The highest BCUT2D eigenvalue weighted by Gasteiger charge is 2.19. The molecule has 0 radical (unpaired) electrons. The molecule has 3 aromatic carbocycles. The van der Waals surface area contributed by atoms with Crippen LogP contribution in [0.25, 0.3) is 0 Å². The van der Waals surface area contributed by atoms with Gasteiger partial charge in [-0.05, 0) is 48.5 Å². The molecule has 0 fully saturated rings. The van der Waals surface area contributed by atoms with E-state index in [1.807, 2.05) is 12.1 Å². The molecule has 0 saturated heterocycles. The van der Waals surface area contributed by atoms with Crippen LogP contribution in [0.5, 0.6) is 11.5 Å². The van der Waals surface area contributed by atoms with Crippen LogP contribution in [-0.4, -0.2) is 23.8 Å². The van der Waals surface area contributed by atoms with Crippen molar-refractivity contribution in [2.75, 3.05) is 12.4 Å². The molecule has 4 rings (SSSR count). The van der Waals surface area contributed by atoms with Crippen LogP contribution in [0, 0.1) is 0 Å². The summed E-state index contributed by atoms with van der Waals surface area (Å²) in [5.41, 5.74) is 2.40. The summed E-state index contributed by atoms with van der Waals surface area (Å²) in [6.45, 7) is 0.292. The third-order valence-electron chi connectivity index (χ3n) is 5.06.